The summed E-state index contributed by atoms with van der Waals surface area (Å²) < 4.78 is 45.2. The fourth-order valence-electron chi connectivity index (χ4n) is 3.00. The number of aromatic nitrogens is 1. The second kappa shape index (κ2) is 9.02. The van der Waals surface area contributed by atoms with Gasteiger partial charge in [-0.25, -0.2) is 22.9 Å². The van der Waals surface area contributed by atoms with Crippen molar-refractivity contribution in [2.75, 3.05) is 5.32 Å². The molecule has 3 rings (SSSR count). The quantitative estimate of drug-likeness (QED) is 0.486. The van der Waals surface area contributed by atoms with Gasteiger partial charge >= 0.3 is 6.03 Å². The lowest BCUT2D eigenvalue weighted by Gasteiger charge is -2.16. The van der Waals surface area contributed by atoms with Crippen LogP contribution < -0.4 is 10.5 Å². The van der Waals surface area contributed by atoms with Crippen molar-refractivity contribution in [2.45, 2.75) is 37.0 Å². The Morgan fingerprint density at radius 1 is 1.31 bits per heavy atom. The molecule has 0 aliphatic rings. The molecule has 11 heteroatoms. The number of anilines is 1. The number of nitrogens with two attached hydrogens (primary N) is 1. The summed E-state index contributed by atoms with van der Waals surface area (Å²) in [4.78, 5) is 16.5. The molecule has 3 aromatic rings. The molecular weight excluding hydrogens is 458 g/mol. The third-order valence-corrected chi connectivity index (χ3v) is 7.54. The molecule has 0 saturated heterocycles. The first-order valence-electron chi connectivity index (χ1n) is 9.52. The minimum atomic E-state index is -3.64. The molecule has 1 atom stereocenters. The van der Waals surface area contributed by atoms with E-state index < -0.39 is 33.2 Å². The number of urea groups is 1. The lowest BCUT2D eigenvalue weighted by molar-refractivity contribution is 0.0789. The molecule has 2 aromatic heterocycles. The summed E-state index contributed by atoms with van der Waals surface area (Å²) in [5.41, 5.74) is -0.0661. The summed E-state index contributed by atoms with van der Waals surface area (Å²) >= 11 is 0.993. The van der Waals surface area contributed by atoms with Crippen molar-refractivity contribution in [3.8, 4) is 11.1 Å². The molecule has 0 aliphatic heterocycles. The number of carbonyl (C=O) groups excluding carboxylic acids is 1. The molecule has 0 aliphatic carbocycles. The highest BCUT2D eigenvalue weighted by Crippen LogP contribution is 2.35. The molecule has 32 heavy (non-hydrogen) atoms. The molecule has 0 bridgehead atoms. The molecular formula is C21H22F2N4O3S2. The predicted molar refractivity (Wildman–Crippen MR) is 121 cm³/mol. The molecule has 1 aromatic carbocycles. The van der Waals surface area contributed by atoms with Gasteiger partial charge in [-0.05, 0) is 61.0 Å². The Morgan fingerprint density at radius 2 is 1.97 bits per heavy atom. The van der Waals surface area contributed by atoms with Crippen molar-refractivity contribution in [1.29, 1.82) is 0 Å². The lowest BCUT2D eigenvalue weighted by Crippen LogP contribution is -2.18. The van der Waals surface area contributed by atoms with Crippen LogP contribution in [0.1, 0.15) is 31.9 Å². The molecule has 2 amide bonds. The Morgan fingerprint density at radius 3 is 2.53 bits per heavy atom. The molecule has 0 spiro atoms. The predicted octanol–water partition coefficient (Wildman–Crippen LogP) is 4.81. The molecule has 1 unspecified atom stereocenters. The van der Waals surface area contributed by atoms with Gasteiger partial charge in [-0.15, -0.1) is 15.7 Å². The van der Waals surface area contributed by atoms with E-state index in [0.29, 0.717) is 11.1 Å². The van der Waals surface area contributed by atoms with Gasteiger partial charge in [0.1, 0.15) is 4.21 Å². The molecule has 170 valence electrons. The fourth-order valence-corrected chi connectivity index (χ4v) is 5.28. The van der Waals surface area contributed by atoms with Crippen molar-refractivity contribution >= 4 is 33.0 Å². The van der Waals surface area contributed by atoms with Crippen molar-refractivity contribution in [1.82, 2.24) is 4.98 Å². The number of nitrogens with zero attached hydrogens (tertiary/aromatic N) is 2. The van der Waals surface area contributed by atoms with Crippen molar-refractivity contribution in [2.24, 2.45) is 9.50 Å². The maximum atomic E-state index is 14.5. The van der Waals surface area contributed by atoms with Crippen LogP contribution in [0.25, 0.3) is 11.1 Å². The third kappa shape index (κ3) is 5.01. The van der Waals surface area contributed by atoms with Crippen LogP contribution in [-0.2, 0) is 21.9 Å². The second-order valence-electron chi connectivity index (χ2n) is 7.47. The number of hydrogen-bond acceptors (Lipinski definition) is 5. The number of halogens is 2. The first-order chi connectivity index (χ1) is 14.9. The topological polar surface area (TPSA) is 118 Å². The van der Waals surface area contributed by atoms with Gasteiger partial charge in [0.25, 0.3) is 0 Å². The largest absolute Gasteiger partial charge is 0.386 e. The Bertz CT molecular complexity index is 1280. The highest BCUT2D eigenvalue weighted by molar-refractivity contribution is 7.93. The van der Waals surface area contributed by atoms with E-state index in [1.807, 2.05) is 0 Å². The van der Waals surface area contributed by atoms with E-state index in [-0.39, 0.29) is 27.4 Å². The van der Waals surface area contributed by atoms with Crippen LogP contribution in [0.15, 0.2) is 50.6 Å². The average Bonchev–Trinajstić information content (AvgIpc) is 3.23. The Hall–Kier alpha value is -2.73. The smallest absolute Gasteiger partial charge is 0.354 e. The SMILES string of the molecule is CCc1c(F)c(F)cc(-c2ccncc2)c1NC(=O)N=S(N)(=O)c1cc(C(C)(C)O)cs1. The molecule has 7 nitrogen and oxygen atoms in total. The minimum Gasteiger partial charge on any atom is -0.386 e. The minimum absolute atomic E-state index is 0.00455. The number of rotatable bonds is 5. The van der Waals surface area contributed by atoms with Crippen LogP contribution >= 0.6 is 11.3 Å². The summed E-state index contributed by atoms with van der Waals surface area (Å²) in [5.74, 6) is -2.16. The molecule has 0 saturated carbocycles. The third-order valence-electron chi connectivity index (χ3n) is 4.68. The van der Waals surface area contributed by atoms with E-state index in [1.165, 1.54) is 18.5 Å². The summed E-state index contributed by atoms with van der Waals surface area (Å²) in [5, 5.41) is 19.9. The highest BCUT2D eigenvalue weighted by Gasteiger charge is 2.23. The first kappa shape index (κ1) is 23.9. The first-order valence-corrected chi connectivity index (χ1v) is 12.0. The standard InChI is InChI=1S/C21H22F2N4O3S2/c1-4-14-18(23)16(22)10-15(12-5-7-25-8-6-12)19(14)26-20(28)27-32(24,30)17-9-13(11-31-17)21(2,3)29/h5-11,29H,4H2,1-3H3,(H3,24,26,27,28,30). The number of pyridine rings is 1. The lowest BCUT2D eigenvalue weighted by atomic mass is 9.98. The number of nitrogens with one attached hydrogen (secondary N) is 1. The Balaban J connectivity index is 2.04. The van der Waals surface area contributed by atoms with Crippen molar-refractivity contribution in [3.05, 3.63) is 64.8 Å². The van der Waals surface area contributed by atoms with E-state index in [9.17, 15) is 22.9 Å². The van der Waals surface area contributed by atoms with Gasteiger partial charge in [0.2, 0.25) is 0 Å². The second-order valence-corrected chi connectivity index (χ2v) is 10.4. The highest BCUT2D eigenvalue weighted by atomic mass is 32.2. The van der Waals surface area contributed by atoms with Crippen molar-refractivity contribution in [3.63, 3.8) is 0 Å². The van der Waals surface area contributed by atoms with Gasteiger partial charge in [-0.2, -0.15) is 0 Å². The summed E-state index contributed by atoms with van der Waals surface area (Å²) in [6.07, 6.45) is 3.03. The van der Waals surface area contributed by atoms with Gasteiger partial charge in [-0.3, -0.25) is 4.98 Å². The number of benzene rings is 1. The zero-order valence-electron chi connectivity index (χ0n) is 17.6. The van der Waals surface area contributed by atoms with Crippen LogP contribution in [0, 0.1) is 11.6 Å². The van der Waals surface area contributed by atoms with E-state index >= 15 is 0 Å². The van der Waals surface area contributed by atoms with Crippen LogP contribution in [0.2, 0.25) is 0 Å². The van der Waals surface area contributed by atoms with Gasteiger partial charge in [-0.1, -0.05) is 6.92 Å². The maximum absolute atomic E-state index is 14.5. The molecule has 0 fully saturated rings. The van der Waals surface area contributed by atoms with E-state index in [1.54, 1.807) is 38.3 Å². The summed E-state index contributed by atoms with van der Waals surface area (Å²) in [7, 11) is -3.64. The number of aliphatic hydroxyl groups is 1. The Labute approximate surface area is 188 Å². The number of thiophene rings is 1. The number of carbonyl (C=O) groups is 1. The Kier molecular flexibility index (Phi) is 6.75. The van der Waals surface area contributed by atoms with E-state index in [0.717, 1.165) is 17.4 Å². The normalized spacial score (nSPS) is 13.5. The number of amides is 2. The van der Waals surface area contributed by atoms with Crippen molar-refractivity contribution < 1.29 is 22.9 Å². The fraction of sp³-hybridized carbons (Fsp3) is 0.238. The zero-order chi connectivity index (χ0) is 23.7. The van der Waals surface area contributed by atoms with Gasteiger partial charge < -0.3 is 10.4 Å². The number of hydrogen-bond donors (Lipinski definition) is 3. The average molecular weight is 481 g/mol. The summed E-state index contributed by atoms with van der Waals surface area (Å²) in [6, 6.07) is 4.46. The van der Waals surface area contributed by atoms with Gasteiger partial charge in [0.15, 0.2) is 21.5 Å². The monoisotopic (exact) mass is 480 g/mol. The van der Waals surface area contributed by atoms with Crippen LogP contribution in [0.3, 0.4) is 0 Å². The van der Waals surface area contributed by atoms with Gasteiger partial charge in [0.05, 0.1) is 11.3 Å². The van der Waals surface area contributed by atoms with Crippen LogP contribution in [-0.4, -0.2) is 20.3 Å². The van der Waals surface area contributed by atoms with E-state index in [2.05, 4.69) is 14.7 Å². The summed E-state index contributed by atoms with van der Waals surface area (Å²) in [6.45, 7) is 4.71. The zero-order valence-corrected chi connectivity index (χ0v) is 19.2. The van der Waals surface area contributed by atoms with Crippen LogP contribution in [0.4, 0.5) is 19.3 Å². The van der Waals surface area contributed by atoms with E-state index in [4.69, 9.17) is 5.14 Å². The molecule has 0 radical (unpaired) electrons. The van der Waals surface area contributed by atoms with Crippen LogP contribution in [0.5, 0.6) is 0 Å². The maximum Gasteiger partial charge on any atom is 0.354 e. The molecule has 2 heterocycles. The van der Waals surface area contributed by atoms with Gasteiger partial charge in [0, 0.05) is 23.5 Å². The molecule has 4 N–H and O–H groups in total.